The fraction of sp³-hybridized carbons (Fsp3) is 0.190. The van der Waals surface area contributed by atoms with E-state index in [9.17, 15) is 22.8 Å². The number of nitrogens with one attached hydrogen (secondary N) is 1. The standard InChI is InChI=1S/C21H16F3N3O2/c1-25-19(28)13-4-2-12(3-5-13)10-14-8-9-27-18(14)26-17-11-15(21(22,23)24)6-7-16(17)20(27)29/h2-7,10-11H,8-9H2,1H3,(H,25,28). The Kier molecular flexibility index (Phi) is 4.49. The highest BCUT2D eigenvalue weighted by molar-refractivity contribution is 5.94. The number of rotatable bonds is 2. The van der Waals surface area contributed by atoms with E-state index < -0.39 is 11.7 Å². The molecule has 29 heavy (non-hydrogen) atoms. The van der Waals surface area contributed by atoms with Gasteiger partial charge in [-0.25, -0.2) is 4.98 Å². The lowest BCUT2D eigenvalue weighted by Crippen LogP contribution is -2.21. The summed E-state index contributed by atoms with van der Waals surface area (Å²) in [6.07, 6.45) is -2.13. The molecule has 0 radical (unpaired) electrons. The lowest BCUT2D eigenvalue weighted by atomic mass is 10.1. The van der Waals surface area contributed by atoms with Gasteiger partial charge in [0.05, 0.1) is 16.5 Å². The van der Waals surface area contributed by atoms with Crippen molar-refractivity contribution >= 4 is 28.5 Å². The number of amides is 1. The third kappa shape index (κ3) is 3.41. The van der Waals surface area contributed by atoms with Crippen molar-refractivity contribution in [1.29, 1.82) is 0 Å². The second kappa shape index (κ2) is 6.88. The summed E-state index contributed by atoms with van der Waals surface area (Å²) in [6.45, 7) is 0.417. The van der Waals surface area contributed by atoms with Crippen LogP contribution in [0.2, 0.25) is 0 Å². The van der Waals surface area contributed by atoms with Crippen LogP contribution in [0.5, 0.6) is 0 Å². The first-order chi connectivity index (χ1) is 13.8. The van der Waals surface area contributed by atoms with Gasteiger partial charge in [0.1, 0.15) is 5.82 Å². The zero-order chi connectivity index (χ0) is 20.8. The molecule has 0 bridgehead atoms. The first kappa shape index (κ1) is 18.9. The van der Waals surface area contributed by atoms with E-state index in [1.807, 2.05) is 6.08 Å². The van der Waals surface area contributed by atoms with E-state index in [0.29, 0.717) is 24.4 Å². The molecule has 0 fully saturated rings. The minimum atomic E-state index is -4.50. The second-order valence-electron chi connectivity index (χ2n) is 6.74. The van der Waals surface area contributed by atoms with E-state index in [1.54, 1.807) is 31.3 Å². The van der Waals surface area contributed by atoms with Crippen LogP contribution in [0.3, 0.4) is 0 Å². The van der Waals surface area contributed by atoms with Crippen molar-refractivity contribution in [3.63, 3.8) is 0 Å². The van der Waals surface area contributed by atoms with Crippen molar-refractivity contribution in [3.8, 4) is 0 Å². The molecule has 1 N–H and O–H groups in total. The second-order valence-corrected chi connectivity index (χ2v) is 6.74. The smallest absolute Gasteiger partial charge is 0.355 e. The van der Waals surface area contributed by atoms with Gasteiger partial charge >= 0.3 is 6.18 Å². The molecule has 0 saturated carbocycles. The van der Waals surface area contributed by atoms with Gasteiger partial charge in [-0.1, -0.05) is 12.1 Å². The van der Waals surface area contributed by atoms with Crippen LogP contribution in [0.25, 0.3) is 22.6 Å². The number of halogens is 3. The van der Waals surface area contributed by atoms with Gasteiger partial charge in [-0.3, -0.25) is 14.2 Å². The molecule has 0 spiro atoms. The molecule has 1 aliphatic rings. The van der Waals surface area contributed by atoms with E-state index in [4.69, 9.17) is 0 Å². The third-order valence-electron chi connectivity index (χ3n) is 4.92. The lowest BCUT2D eigenvalue weighted by molar-refractivity contribution is -0.137. The quantitative estimate of drug-likeness (QED) is 0.715. The molecule has 5 nitrogen and oxygen atoms in total. The topological polar surface area (TPSA) is 64.0 Å². The average Bonchev–Trinajstić information content (AvgIpc) is 3.10. The SMILES string of the molecule is CNC(=O)c1ccc(C=C2CCn3c2nc2cc(C(F)(F)F)ccc2c3=O)cc1. The van der Waals surface area contributed by atoms with Crippen molar-refractivity contribution in [2.24, 2.45) is 0 Å². The van der Waals surface area contributed by atoms with Crippen LogP contribution in [0.4, 0.5) is 13.2 Å². The Labute approximate surface area is 163 Å². The van der Waals surface area contributed by atoms with Crippen molar-refractivity contribution in [2.75, 3.05) is 7.05 Å². The van der Waals surface area contributed by atoms with Crippen LogP contribution in [0.15, 0.2) is 47.3 Å². The van der Waals surface area contributed by atoms with Gasteiger partial charge in [0, 0.05) is 19.2 Å². The predicted molar refractivity (Wildman–Crippen MR) is 103 cm³/mol. The van der Waals surface area contributed by atoms with Crippen LogP contribution in [-0.4, -0.2) is 22.5 Å². The van der Waals surface area contributed by atoms with Gasteiger partial charge in [-0.05, 0) is 54.0 Å². The van der Waals surface area contributed by atoms with Crippen LogP contribution in [0, 0.1) is 0 Å². The monoisotopic (exact) mass is 399 g/mol. The molecule has 0 saturated heterocycles. The molecule has 1 amide bonds. The van der Waals surface area contributed by atoms with Gasteiger partial charge < -0.3 is 5.32 Å². The predicted octanol–water partition coefficient (Wildman–Crippen LogP) is 3.72. The highest BCUT2D eigenvalue weighted by Crippen LogP contribution is 2.32. The summed E-state index contributed by atoms with van der Waals surface area (Å²) in [7, 11) is 1.55. The number of hydrogen-bond donors (Lipinski definition) is 1. The third-order valence-corrected chi connectivity index (χ3v) is 4.92. The number of carbonyl (C=O) groups is 1. The number of benzene rings is 2. The number of nitrogens with zero attached hydrogens (tertiary/aromatic N) is 2. The molecular weight excluding hydrogens is 383 g/mol. The van der Waals surface area contributed by atoms with Gasteiger partial charge in [-0.2, -0.15) is 13.2 Å². The maximum Gasteiger partial charge on any atom is 0.416 e. The number of carbonyl (C=O) groups excluding carboxylic acids is 1. The average molecular weight is 399 g/mol. The number of hydrogen-bond acceptors (Lipinski definition) is 3. The van der Waals surface area contributed by atoms with E-state index in [0.717, 1.165) is 23.3 Å². The Balaban J connectivity index is 1.78. The molecular formula is C21H16F3N3O2. The van der Waals surface area contributed by atoms with Crippen molar-refractivity contribution in [3.05, 3.63) is 75.3 Å². The minimum absolute atomic E-state index is 0.0267. The number of allylic oxidation sites excluding steroid dienone is 1. The molecule has 148 valence electrons. The fourth-order valence-corrected chi connectivity index (χ4v) is 3.41. The number of aromatic nitrogens is 2. The highest BCUT2D eigenvalue weighted by Gasteiger charge is 2.31. The van der Waals surface area contributed by atoms with Crippen LogP contribution in [0.1, 0.15) is 33.7 Å². The Morgan fingerprint density at radius 1 is 1.17 bits per heavy atom. The maximum atomic E-state index is 13.0. The molecule has 2 heterocycles. The molecule has 1 aliphatic heterocycles. The summed E-state index contributed by atoms with van der Waals surface area (Å²) in [6, 6.07) is 9.87. The summed E-state index contributed by atoms with van der Waals surface area (Å²) in [5, 5.41) is 2.71. The summed E-state index contributed by atoms with van der Waals surface area (Å²) >= 11 is 0. The Hall–Kier alpha value is -3.42. The first-order valence-electron chi connectivity index (χ1n) is 8.93. The zero-order valence-electron chi connectivity index (χ0n) is 15.4. The largest absolute Gasteiger partial charge is 0.416 e. The molecule has 0 aliphatic carbocycles. The molecule has 0 unspecified atom stereocenters. The van der Waals surface area contributed by atoms with E-state index >= 15 is 0 Å². The Bertz CT molecular complexity index is 1210. The number of fused-ring (bicyclic) bond motifs is 2. The van der Waals surface area contributed by atoms with Gasteiger partial charge in [0.25, 0.3) is 11.5 Å². The van der Waals surface area contributed by atoms with E-state index in [1.165, 1.54) is 10.6 Å². The van der Waals surface area contributed by atoms with Crippen molar-refractivity contribution in [1.82, 2.24) is 14.9 Å². The summed E-state index contributed by atoms with van der Waals surface area (Å²) in [5.74, 6) is 0.174. The lowest BCUT2D eigenvalue weighted by Gasteiger charge is -2.09. The van der Waals surface area contributed by atoms with E-state index in [2.05, 4.69) is 10.3 Å². The summed E-state index contributed by atoms with van der Waals surface area (Å²) in [5.41, 5.74) is 0.918. The molecule has 8 heteroatoms. The Morgan fingerprint density at radius 3 is 2.55 bits per heavy atom. The van der Waals surface area contributed by atoms with Crippen molar-refractivity contribution in [2.45, 2.75) is 19.1 Å². The minimum Gasteiger partial charge on any atom is -0.355 e. The van der Waals surface area contributed by atoms with Gasteiger partial charge in [0.15, 0.2) is 0 Å². The number of alkyl halides is 3. The van der Waals surface area contributed by atoms with E-state index in [-0.39, 0.29) is 22.4 Å². The highest BCUT2D eigenvalue weighted by atomic mass is 19.4. The molecule has 4 rings (SSSR count). The van der Waals surface area contributed by atoms with Gasteiger partial charge in [0.2, 0.25) is 0 Å². The van der Waals surface area contributed by atoms with Gasteiger partial charge in [-0.15, -0.1) is 0 Å². The molecule has 2 aromatic carbocycles. The zero-order valence-corrected chi connectivity index (χ0v) is 15.4. The Morgan fingerprint density at radius 2 is 1.90 bits per heavy atom. The molecule has 3 aromatic rings. The van der Waals surface area contributed by atoms with Crippen LogP contribution < -0.4 is 10.9 Å². The maximum absolute atomic E-state index is 13.0. The normalized spacial score (nSPS) is 15.0. The summed E-state index contributed by atoms with van der Waals surface area (Å²) in [4.78, 5) is 28.7. The van der Waals surface area contributed by atoms with Crippen molar-refractivity contribution < 1.29 is 18.0 Å². The summed E-state index contributed by atoms with van der Waals surface area (Å²) < 4.78 is 40.5. The first-order valence-corrected chi connectivity index (χ1v) is 8.93. The van der Waals surface area contributed by atoms with Crippen LogP contribution >= 0.6 is 0 Å². The molecule has 1 aromatic heterocycles. The molecule has 0 atom stereocenters. The van der Waals surface area contributed by atoms with Crippen LogP contribution in [-0.2, 0) is 12.7 Å². The fourth-order valence-electron chi connectivity index (χ4n) is 3.41.